The fraction of sp³-hybridized carbons (Fsp3) is 0.438. The molecule has 2 atom stereocenters. The number of thiocarbonyl (C=S) groups is 1. The quantitative estimate of drug-likeness (QED) is 0.537. The van der Waals surface area contributed by atoms with E-state index in [0.717, 1.165) is 4.88 Å². The molecule has 0 aromatic carbocycles. The normalized spacial score (nSPS) is 25.1. The molecule has 10 heteroatoms. The fourth-order valence-electron chi connectivity index (χ4n) is 2.98. The number of hydrogen-bond acceptors (Lipinski definition) is 7. The number of rotatable bonds is 4. The average molecular weight is 431 g/mol. The van der Waals surface area contributed by atoms with Crippen molar-refractivity contribution in [3.8, 4) is 0 Å². The number of thioether (sulfide) groups is 1. The molecule has 1 aromatic rings. The molecule has 140 valence electrons. The zero-order valence-electron chi connectivity index (χ0n) is 14.2. The van der Waals surface area contributed by atoms with E-state index in [1.807, 2.05) is 17.5 Å². The summed E-state index contributed by atoms with van der Waals surface area (Å²) in [6.07, 6.45) is 2.20. The van der Waals surface area contributed by atoms with Crippen LogP contribution in [-0.4, -0.2) is 65.0 Å². The van der Waals surface area contributed by atoms with Gasteiger partial charge in [-0.15, -0.1) is 11.3 Å². The molecule has 2 aliphatic rings. The number of thiophene rings is 1. The van der Waals surface area contributed by atoms with Crippen LogP contribution in [0.2, 0.25) is 0 Å². The Kier molecular flexibility index (Phi) is 5.57. The molecule has 1 aromatic heterocycles. The summed E-state index contributed by atoms with van der Waals surface area (Å²) in [6, 6.07) is 2.67. The standard InChI is InChI=1S/C16H18N2O4S4/c1-10(14(19)17(2)11-5-7-26(21,22)9-11)18-15(20)13(25-16(18)23)8-12-4-3-6-24-12/h3-4,6,8,10-11H,5,7,9H2,1-2H3/b13-8-/t10-,11-/m0/s1. The maximum atomic E-state index is 12.8. The van der Waals surface area contributed by atoms with Crippen LogP contribution >= 0.6 is 35.3 Å². The number of nitrogens with zero attached hydrogens (tertiary/aromatic N) is 2. The van der Waals surface area contributed by atoms with Gasteiger partial charge >= 0.3 is 0 Å². The molecule has 0 radical (unpaired) electrons. The van der Waals surface area contributed by atoms with E-state index in [1.54, 1.807) is 20.0 Å². The Bertz CT molecular complexity index is 876. The third kappa shape index (κ3) is 3.88. The molecule has 0 saturated carbocycles. The lowest BCUT2D eigenvalue weighted by molar-refractivity contribution is -0.139. The first kappa shape index (κ1) is 19.5. The van der Waals surface area contributed by atoms with E-state index < -0.39 is 15.9 Å². The molecular weight excluding hydrogens is 412 g/mol. The Morgan fingerprint density at radius 2 is 2.23 bits per heavy atom. The van der Waals surface area contributed by atoms with Crippen LogP contribution in [0, 0.1) is 0 Å². The van der Waals surface area contributed by atoms with Crippen molar-refractivity contribution in [3.63, 3.8) is 0 Å². The van der Waals surface area contributed by atoms with E-state index in [2.05, 4.69) is 0 Å². The minimum absolute atomic E-state index is 0.0291. The molecule has 0 bridgehead atoms. The second-order valence-corrected chi connectivity index (χ2v) is 11.1. The SMILES string of the molecule is C[C@@H](C(=O)N(C)[C@H]1CCS(=O)(=O)C1)N1C(=O)/C(=C/c2cccs2)SC1=S. The lowest BCUT2D eigenvalue weighted by atomic mass is 10.2. The van der Waals surface area contributed by atoms with E-state index >= 15 is 0 Å². The maximum absolute atomic E-state index is 12.8. The van der Waals surface area contributed by atoms with Gasteiger partial charge in [-0.3, -0.25) is 14.5 Å². The molecule has 3 rings (SSSR count). The molecule has 0 spiro atoms. The van der Waals surface area contributed by atoms with Gasteiger partial charge < -0.3 is 4.90 Å². The van der Waals surface area contributed by atoms with Gasteiger partial charge in [0.15, 0.2) is 9.84 Å². The molecule has 2 saturated heterocycles. The molecule has 0 N–H and O–H groups in total. The van der Waals surface area contributed by atoms with Crippen molar-refractivity contribution in [3.05, 3.63) is 27.3 Å². The minimum atomic E-state index is -3.09. The molecule has 0 aliphatic carbocycles. The van der Waals surface area contributed by atoms with E-state index in [-0.39, 0.29) is 29.4 Å². The third-order valence-electron chi connectivity index (χ3n) is 4.49. The first-order valence-corrected chi connectivity index (χ1v) is 11.9. The molecule has 3 heterocycles. The summed E-state index contributed by atoms with van der Waals surface area (Å²) in [5, 5.41) is 1.92. The number of hydrogen-bond donors (Lipinski definition) is 0. The van der Waals surface area contributed by atoms with Crippen LogP contribution < -0.4 is 0 Å². The highest BCUT2D eigenvalue weighted by Gasteiger charge is 2.41. The van der Waals surface area contributed by atoms with Gasteiger partial charge in [-0.1, -0.05) is 30.0 Å². The molecule has 2 amide bonds. The number of carbonyl (C=O) groups is 2. The van der Waals surface area contributed by atoms with Crippen LogP contribution in [0.5, 0.6) is 0 Å². The number of likely N-dealkylation sites (N-methyl/N-ethyl adjacent to an activating group) is 1. The second kappa shape index (κ2) is 7.41. The van der Waals surface area contributed by atoms with Crippen LogP contribution in [0.3, 0.4) is 0 Å². The smallest absolute Gasteiger partial charge is 0.266 e. The summed E-state index contributed by atoms with van der Waals surface area (Å²) in [5.41, 5.74) is 0. The van der Waals surface area contributed by atoms with Crippen LogP contribution in [0.15, 0.2) is 22.4 Å². The molecule has 2 aliphatic heterocycles. The highest BCUT2D eigenvalue weighted by molar-refractivity contribution is 8.26. The highest BCUT2D eigenvalue weighted by atomic mass is 32.2. The van der Waals surface area contributed by atoms with Crippen molar-refractivity contribution >= 4 is 67.4 Å². The topological polar surface area (TPSA) is 74.8 Å². The van der Waals surface area contributed by atoms with E-state index in [1.165, 1.54) is 32.9 Å². The monoisotopic (exact) mass is 430 g/mol. The summed E-state index contributed by atoms with van der Waals surface area (Å²) >= 11 is 8.00. The molecule has 0 unspecified atom stereocenters. The molecule has 2 fully saturated rings. The van der Waals surface area contributed by atoms with Crippen LogP contribution in [0.1, 0.15) is 18.2 Å². The summed E-state index contributed by atoms with van der Waals surface area (Å²) in [6.45, 7) is 1.63. The first-order chi connectivity index (χ1) is 12.2. The van der Waals surface area contributed by atoms with Gasteiger partial charge in [0.25, 0.3) is 5.91 Å². The fourth-order valence-corrected chi connectivity index (χ4v) is 6.90. The minimum Gasteiger partial charge on any atom is -0.340 e. The van der Waals surface area contributed by atoms with Crippen LogP contribution in [0.4, 0.5) is 0 Å². The second-order valence-electron chi connectivity index (χ2n) is 6.25. The predicted molar refractivity (Wildman–Crippen MR) is 109 cm³/mol. The Labute approximate surface area is 166 Å². The van der Waals surface area contributed by atoms with Crippen molar-refractivity contribution in [2.75, 3.05) is 18.6 Å². The lowest BCUT2D eigenvalue weighted by Crippen LogP contribution is -2.50. The van der Waals surface area contributed by atoms with Gasteiger partial charge in [0.1, 0.15) is 10.4 Å². The summed E-state index contributed by atoms with van der Waals surface area (Å²) in [5.74, 6) is -0.533. The Morgan fingerprint density at radius 3 is 2.81 bits per heavy atom. The largest absolute Gasteiger partial charge is 0.340 e. The van der Waals surface area contributed by atoms with Crippen molar-refractivity contribution in [2.45, 2.75) is 25.4 Å². The summed E-state index contributed by atoms with van der Waals surface area (Å²) in [7, 11) is -1.50. The van der Waals surface area contributed by atoms with Gasteiger partial charge in [-0.05, 0) is 30.9 Å². The van der Waals surface area contributed by atoms with Crippen molar-refractivity contribution in [1.29, 1.82) is 0 Å². The maximum Gasteiger partial charge on any atom is 0.266 e. The highest BCUT2D eigenvalue weighted by Crippen LogP contribution is 2.35. The lowest BCUT2D eigenvalue weighted by Gasteiger charge is -2.30. The predicted octanol–water partition coefficient (Wildman–Crippen LogP) is 1.98. The Hall–Kier alpha value is -1.23. The van der Waals surface area contributed by atoms with Crippen molar-refractivity contribution < 1.29 is 18.0 Å². The summed E-state index contributed by atoms with van der Waals surface area (Å²) in [4.78, 5) is 29.7. The van der Waals surface area contributed by atoms with Gasteiger partial charge in [-0.2, -0.15) is 0 Å². The van der Waals surface area contributed by atoms with Crippen molar-refractivity contribution in [1.82, 2.24) is 9.80 Å². The zero-order valence-corrected chi connectivity index (χ0v) is 17.5. The Morgan fingerprint density at radius 1 is 1.50 bits per heavy atom. The van der Waals surface area contributed by atoms with Gasteiger partial charge in [-0.25, -0.2) is 8.42 Å². The average Bonchev–Trinajstić information content (AvgIpc) is 3.27. The number of carbonyl (C=O) groups excluding carboxylic acids is 2. The molecule has 26 heavy (non-hydrogen) atoms. The number of sulfone groups is 1. The van der Waals surface area contributed by atoms with Gasteiger partial charge in [0.2, 0.25) is 5.91 Å². The zero-order chi connectivity index (χ0) is 19.1. The molecule has 6 nitrogen and oxygen atoms in total. The van der Waals surface area contributed by atoms with Gasteiger partial charge in [0.05, 0.1) is 16.4 Å². The first-order valence-electron chi connectivity index (χ1n) is 7.97. The van der Waals surface area contributed by atoms with E-state index in [0.29, 0.717) is 15.6 Å². The van der Waals surface area contributed by atoms with E-state index in [9.17, 15) is 18.0 Å². The number of amides is 2. The van der Waals surface area contributed by atoms with E-state index in [4.69, 9.17) is 12.2 Å². The third-order valence-corrected chi connectivity index (χ3v) is 8.39. The summed E-state index contributed by atoms with van der Waals surface area (Å²) < 4.78 is 23.7. The Balaban J connectivity index is 1.74. The van der Waals surface area contributed by atoms with Crippen molar-refractivity contribution in [2.24, 2.45) is 0 Å². The van der Waals surface area contributed by atoms with Crippen LogP contribution in [-0.2, 0) is 19.4 Å². The van der Waals surface area contributed by atoms with Crippen LogP contribution in [0.25, 0.3) is 6.08 Å². The van der Waals surface area contributed by atoms with Gasteiger partial charge in [0, 0.05) is 18.0 Å². The molecular formula is C16H18N2O4S4.